The van der Waals surface area contributed by atoms with Crippen LogP contribution < -0.4 is 5.32 Å². The molecule has 14 heteroatoms. The third-order valence-electron chi connectivity index (χ3n) is 9.92. The summed E-state index contributed by atoms with van der Waals surface area (Å²) in [5.41, 5.74) is 0. The van der Waals surface area contributed by atoms with Crippen molar-refractivity contribution in [3.05, 3.63) is 0 Å². The Hall–Kier alpha value is -1.46. The summed E-state index contributed by atoms with van der Waals surface area (Å²) in [5.74, 6) is -1.55. The van der Waals surface area contributed by atoms with Crippen molar-refractivity contribution in [1.29, 1.82) is 0 Å². The number of amides is 1. The molecule has 4 rings (SSSR count). The zero-order chi connectivity index (χ0) is 32.8. The van der Waals surface area contributed by atoms with E-state index in [4.69, 9.17) is 23.7 Å². The molecule has 2 aliphatic heterocycles. The van der Waals surface area contributed by atoms with E-state index in [2.05, 4.69) is 5.32 Å². The third kappa shape index (κ3) is 8.92. The van der Waals surface area contributed by atoms with E-state index in [1.165, 1.54) is 6.92 Å². The zero-order valence-corrected chi connectivity index (χ0v) is 26.5. The summed E-state index contributed by atoms with van der Waals surface area (Å²) in [5, 5.41) is 65.2. The number of nitrogens with one attached hydrogen (secondary N) is 1. The molecular weight excluding hydrogens is 594 g/mol. The first-order valence-electron chi connectivity index (χ1n) is 16.5. The maximum atomic E-state index is 12.4. The summed E-state index contributed by atoms with van der Waals surface area (Å²) in [6, 6.07) is -1.13. The van der Waals surface area contributed by atoms with Gasteiger partial charge in [0.2, 0.25) is 5.91 Å². The van der Waals surface area contributed by atoms with Crippen LogP contribution in [0.4, 0.5) is 0 Å². The van der Waals surface area contributed by atoms with Crippen molar-refractivity contribution in [3.8, 4) is 0 Å². The lowest BCUT2D eigenvalue weighted by Gasteiger charge is -2.48. The van der Waals surface area contributed by atoms with E-state index in [0.717, 1.165) is 44.9 Å². The monoisotopic (exact) mass is 647 g/mol. The average Bonchev–Trinajstić information content (AvgIpc) is 3.01. The van der Waals surface area contributed by atoms with E-state index in [1.807, 2.05) is 6.92 Å². The fourth-order valence-corrected chi connectivity index (χ4v) is 7.31. The van der Waals surface area contributed by atoms with Gasteiger partial charge in [-0.2, -0.15) is 0 Å². The topological polar surface area (TPSA) is 214 Å². The number of carboxylic acid groups (broad SMARTS) is 1. The van der Waals surface area contributed by atoms with E-state index >= 15 is 0 Å². The van der Waals surface area contributed by atoms with Crippen LogP contribution in [-0.2, 0) is 33.3 Å². The van der Waals surface area contributed by atoms with Crippen LogP contribution in [0.1, 0.15) is 85.0 Å². The Morgan fingerprint density at radius 2 is 1.58 bits per heavy atom. The highest BCUT2D eigenvalue weighted by atomic mass is 16.7. The summed E-state index contributed by atoms with van der Waals surface area (Å²) >= 11 is 0. The molecule has 0 aromatic carbocycles. The predicted octanol–water partition coefficient (Wildman–Crippen LogP) is 0.186. The molecule has 2 saturated heterocycles. The van der Waals surface area contributed by atoms with Crippen LogP contribution in [0.3, 0.4) is 0 Å². The number of hydrogen-bond acceptors (Lipinski definition) is 12. The van der Waals surface area contributed by atoms with Crippen molar-refractivity contribution in [2.45, 2.75) is 165 Å². The van der Waals surface area contributed by atoms with Crippen molar-refractivity contribution >= 4 is 11.9 Å². The normalized spacial score (nSPS) is 42.2. The first-order valence-corrected chi connectivity index (χ1v) is 16.5. The lowest BCUT2D eigenvalue weighted by atomic mass is 9.82. The molecule has 45 heavy (non-hydrogen) atoms. The number of aliphatic hydroxyl groups is 5. The number of aliphatic carboxylic acids is 1. The summed E-state index contributed by atoms with van der Waals surface area (Å²) < 4.78 is 30.6. The molecule has 0 aromatic rings. The van der Waals surface area contributed by atoms with Crippen LogP contribution in [0.5, 0.6) is 0 Å². The second-order valence-electron chi connectivity index (χ2n) is 13.2. The van der Waals surface area contributed by atoms with Gasteiger partial charge in [0.05, 0.1) is 24.9 Å². The van der Waals surface area contributed by atoms with Gasteiger partial charge in [-0.1, -0.05) is 51.9 Å². The second-order valence-corrected chi connectivity index (χ2v) is 13.2. The summed E-state index contributed by atoms with van der Waals surface area (Å²) in [4.78, 5) is 24.7. The Bertz CT molecular complexity index is 950. The molecule has 7 N–H and O–H groups in total. The summed E-state index contributed by atoms with van der Waals surface area (Å²) in [6.45, 7) is 4.21. The van der Waals surface area contributed by atoms with E-state index in [1.54, 1.807) is 6.92 Å². The molecule has 2 heterocycles. The van der Waals surface area contributed by atoms with Crippen LogP contribution >= 0.6 is 0 Å². The highest BCUT2D eigenvalue weighted by molar-refractivity contribution is 5.73. The molecule has 1 amide bonds. The Morgan fingerprint density at radius 3 is 2.20 bits per heavy atom. The summed E-state index contributed by atoms with van der Waals surface area (Å²) in [7, 11) is 0. The average molecular weight is 648 g/mol. The van der Waals surface area contributed by atoms with Gasteiger partial charge in [0, 0.05) is 6.92 Å². The number of hydrogen-bond donors (Lipinski definition) is 7. The molecular formula is C31H53NO13. The minimum Gasteiger partial charge on any atom is -0.479 e. The molecule has 0 bridgehead atoms. The van der Waals surface area contributed by atoms with Gasteiger partial charge < -0.3 is 59.6 Å². The van der Waals surface area contributed by atoms with Gasteiger partial charge in [0.1, 0.15) is 42.7 Å². The molecule has 2 aliphatic carbocycles. The van der Waals surface area contributed by atoms with Crippen LogP contribution in [0.15, 0.2) is 0 Å². The van der Waals surface area contributed by atoms with Gasteiger partial charge >= 0.3 is 5.97 Å². The van der Waals surface area contributed by atoms with Gasteiger partial charge in [0.25, 0.3) is 0 Å². The van der Waals surface area contributed by atoms with Gasteiger partial charge in [-0.25, -0.2) is 4.79 Å². The molecule has 14 nitrogen and oxygen atoms in total. The van der Waals surface area contributed by atoms with Crippen LogP contribution in [0.2, 0.25) is 0 Å². The highest BCUT2D eigenvalue weighted by Gasteiger charge is 2.51. The lowest BCUT2D eigenvalue weighted by molar-refractivity contribution is -0.337. The number of carbonyl (C=O) groups excluding carboxylic acids is 1. The minimum absolute atomic E-state index is 0.0418. The second kappa shape index (κ2) is 16.6. The Morgan fingerprint density at radius 1 is 0.867 bits per heavy atom. The number of carbonyl (C=O) groups is 2. The molecule has 0 spiro atoms. The first kappa shape index (κ1) is 36.4. The van der Waals surface area contributed by atoms with Gasteiger partial charge in [0.15, 0.2) is 18.7 Å². The number of aliphatic hydroxyl groups excluding tert-OH is 5. The van der Waals surface area contributed by atoms with Crippen LogP contribution in [0.25, 0.3) is 0 Å². The Balaban J connectivity index is 1.57. The van der Waals surface area contributed by atoms with Crippen molar-refractivity contribution < 1.29 is 63.9 Å². The smallest absolute Gasteiger partial charge is 0.332 e. The molecule has 4 fully saturated rings. The van der Waals surface area contributed by atoms with Crippen LogP contribution in [0, 0.1) is 11.8 Å². The van der Waals surface area contributed by atoms with Crippen molar-refractivity contribution in [2.24, 2.45) is 11.8 Å². The SMILES string of the molecule is CCC1CCC[C@@H](O[C@@H]2O[C@@H](CO)[C@H](O)C(O[C@@H](CC3CCCCC3)C(=O)O)C2NC(C)=O)[C@@H]1OC1O[C@@H](C)[C@H](O)C(O)[C@@H]1O. The van der Waals surface area contributed by atoms with E-state index in [0.29, 0.717) is 12.8 Å². The maximum Gasteiger partial charge on any atom is 0.332 e. The first-order chi connectivity index (χ1) is 21.4. The molecule has 5 unspecified atom stereocenters. The summed E-state index contributed by atoms with van der Waals surface area (Å²) in [6.07, 6.45) is -6.23. The fraction of sp³-hybridized carbons (Fsp3) is 0.935. The van der Waals surface area contributed by atoms with Gasteiger partial charge in [-0.3, -0.25) is 4.79 Å². The van der Waals surface area contributed by atoms with E-state index < -0.39 is 98.1 Å². The molecule has 2 saturated carbocycles. The number of rotatable bonds is 12. The predicted molar refractivity (Wildman–Crippen MR) is 157 cm³/mol. The molecule has 0 radical (unpaired) electrons. The van der Waals surface area contributed by atoms with Crippen molar-refractivity contribution in [1.82, 2.24) is 5.32 Å². The molecule has 260 valence electrons. The zero-order valence-electron chi connectivity index (χ0n) is 26.5. The highest BCUT2D eigenvalue weighted by Crippen LogP contribution is 2.37. The number of ether oxygens (including phenoxy) is 5. The van der Waals surface area contributed by atoms with Gasteiger partial charge in [-0.15, -0.1) is 0 Å². The molecule has 0 aromatic heterocycles. The third-order valence-corrected chi connectivity index (χ3v) is 9.92. The van der Waals surface area contributed by atoms with Crippen molar-refractivity contribution in [2.75, 3.05) is 6.61 Å². The van der Waals surface area contributed by atoms with E-state index in [-0.39, 0.29) is 18.3 Å². The quantitative estimate of drug-likeness (QED) is 0.151. The van der Waals surface area contributed by atoms with Crippen molar-refractivity contribution in [3.63, 3.8) is 0 Å². The maximum absolute atomic E-state index is 12.4. The Labute approximate surface area is 264 Å². The lowest BCUT2D eigenvalue weighted by Crippen LogP contribution is -2.67. The van der Waals surface area contributed by atoms with E-state index in [9.17, 15) is 40.2 Å². The minimum atomic E-state index is -1.52. The number of carboxylic acids is 1. The largest absolute Gasteiger partial charge is 0.479 e. The standard InChI is InChI=1S/C31H53NO13/c1-4-18-11-8-12-19(27(18)45-31-26(38)25(37)23(35)15(2)41-31)43-30-22(32-16(3)34)28(24(36)21(14-33)44-30)42-20(29(39)40)13-17-9-6-5-7-10-17/h15,17-28,30-31,33,35-38H,4-14H2,1-3H3,(H,32,34)(H,39,40)/t15-,18?,19+,20-,21-,22?,23-,24-,25?,26-,27+,28?,30+,31?/m0/s1. The van der Waals surface area contributed by atoms with Gasteiger partial charge in [-0.05, 0) is 38.0 Å². The molecule has 4 aliphatic rings. The molecule has 14 atom stereocenters. The fourth-order valence-electron chi connectivity index (χ4n) is 7.31. The van der Waals surface area contributed by atoms with Crippen LogP contribution in [-0.4, -0.2) is 129 Å². The Kier molecular flexibility index (Phi) is 13.4.